The molecule has 2 aromatic rings. The van der Waals surface area contributed by atoms with Crippen LogP contribution in [0.4, 0.5) is 0 Å². The molecule has 0 fully saturated rings. The highest BCUT2D eigenvalue weighted by molar-refractivity contribution is 7.99. The van der Waals surface area contributed by atoms with Gasteiger partial charge in [0.15, 0.2) is 16.3 Å². The number of thioether (sulfide) groups is 1. The van der Waals surface area contributed by atoms with Crippen molar-refractivity contribution in [1.82, 2.24) is 19.1 Å². The van der Waals surface area contributed by atoms with E-state index in [0.29, 0.717) is 23.0 Å². The second kappa shape index (κ2) is 5.70. The van der Waals surface area contributed by atoms with E-state index in [1.165, 1.54) is 4.57 Å². The van der Waals surface area contributed by atoms with Crippen LogP contribution >= 0.6 is 11.8 Å². The van der Waals surface area contributed by atoms with Crippen molar-refractivity contribution >= 4 is 22.9 Å². The van der Waals surface area contributed by atoms with Crippen LogP contribution in [0.15, 0.2) is 27.4 Å². The Hall–Kier alpha value is -1.76. The number of aryl methyl sites for hydroxylation is 1. The fraction of sp³-hybridized carbons (Fsp3) is 0.462. The van der Waals surface area contributed by atoms with Gasteiger partial charge >= 0.3 is 5.69 Å². The number of rotatable bonds is 5. The first-order valence-corrected chi connectivity index (χ1v) is 7.34. The zero-order valence-electron chi connectivity index (χ0n) is 11.8. The van der Waals surface area contributed by atoms with E-state index >= 15 is 0 Å². The van der Waals surface area contributed by atoms with E-state index < -0.39 is 11.2 Å². The average molecular weight is 294 g/mol. The highest BCUT2D eigenvalue weighted by Gasteiger charge is 2.18. The lowest BCUT2D eigenvalue weighted by Crippen LogP contribution is -2.29. The van der Waals surface area contributed by atoms with Crippen LogP contribution < -0.4 is 11.2 Å². The summed E-state index contributed by atoms with van der Waals surface area (Å²) in [5.41, 5.74) is -0.0384. The Kier molecular flexibility index (Phi) is 4.17. The third kappa shape index (κ3) is 2.45. The molecule has 20 heavy (non-hydrogen) atoms. The summed E-state index contributed by atoms with van der Waals surface area (Å²) < 4.78 is 3.16. The van der Waals surface area contributed by atoms with Crippen LogP contribution in [-0.2, 0) is 13.6 Å². The van der Waals surface area contributed by atoms with Crippen LogP contribution in [0.5, 0.6) is 0 Å². The van der Waals surface area contributed by atoms with Crippen LogP contribution in [0.2, 0.25) is 0 Å². The smallest absolute Gasteiger partial charge is 0.309 e. The summed E-state index contributed by atoms with van der Waals surface area (Å²) in [5.74, 6) is 0. The van der Waals surface area contributed by atoms with E-state index in [-0.39, 0.29) is 0 Å². The summed E-state index contributed by atoms with van der Waals surface area (Å²) in [6.45, 7) is 8.40. The molecular formula is C13H18N4O2S. The lowest BCUT2D eigenvalue weighted by Gasteiger charge is -2.09. The van der Waals surface area contributed by atoms with Gasteiger partial charge in [0, 0.05) is 18.8 Å². The molecule has 0 spiro atoms. The monoisotopic (exact) mass is 294 g/mol. The van der Waals surface area contributed by atoms with Gasteiger partial charge in [0.2, 0.25) is 0 Å². The third-order valence-corrected chi connectivity index (χ3v) is 4.42. The van der Waals surface area contributed by atoms with Gasteiger partial charge in [-0.2, -0.15) is 0 Å². The Morgan fingerprint density at radius 1 is 1.50 bits per heavy atom. The summed E-state index contributed by atoms with van der Waals surface area (Å²) in [4.78, 5) is 30.5. The van der Waals surface area contributed by atoms with E-state index in [9.17, 15) is 9.59 Å². The van der Waals surface area contributed by atoms with E-state index in [1.54, 1.807) is 29.5 Å². The SMILES string of the molecule is C=CCn1c(S[C@@H](C)CC)nc2c1c(=O)[nH]c(=O)n2C. The molecule has 0 aliphatic carbocycles. The molecule has 0 saturated carbocycles. The minimum atomic E-state index is -0.453. The fourth-order valence-electron chi connectivity index (χ4n) is 1.87. The van der Waals surface area contributed by atoms with Gasteiger partial charge in [0.25, 0.3) is 5.56 Å². The van der Waals surface area contributed by atoms with Crippen molar-refractivity contribution in [3.63, 3.8) is 0 Å². The largest absolute Gasteiger partial charge is 0.329 e. The van der Waals surface area contributed by atoms with Gasteiger partial charge in [-0.05, 0) is 6.42 Å². The summed E-state index contributed by atoms with van der Waals surface area (Å²) in [6.07, 6.45) is 2.71. The Morgan fingerprint density at radius 2 is 2.20 bits per heavy atom. The molecule has 2 rings (SSSR count). The Morgan fingerprint density at radius 3 is 2.80 bits per heavy atom. The van der Waals surface area contributed by atoms with Crippen molar-refractivity contribution in [2.45, 2.75) is 37.2 Å². The van der Waals surface area contributed by atoms with Crippen LogP contribution in [-0.4, -0.2) is 24.4 Å². The highest BCUT2D eigenvalue weighted by atomic mass is 32.2. The van der Waals surface area contributed by atoms with Gasteiger partial charge < -0.3 is 4.57 Å². The zero-order valence-corrected chi connectivity index (χ0v) is 12.7. The van der Waals surface area contributed by atoms with Gasteiger partial charge in [-0.1, -0.05) is 31.7 Å². The highest BCUT2D eigenvalue weighted by Crippen LogP contribution is 2.26. The van der Waals surface area contributed by atoms with Crippen LogP contribution in [0.1, 0.15) is 20.3 Å². The van der Waals surface area contributed by atoms with Crippen LogP contribution in [0.25, 0.3) is 11.2 Å². The third-order valence-electron chi connectivity index (χ3n) is 3.17. The van der Waals surface area contributed by atoms with Crippen molar-refractivity contribution in [3.8, 4) is 0 Å². The topological polar surface area (TPSA) is 72.7 Å². The molecule has 0 saturated heterocycles. The first-order valence-electron chi connectivity index (χ1n) is 6.46. The predicted octanol–water partition coefficient (Wildman–Crippen LogP) is 1.50. The maximum absolute atomic E-state index is 12.0. The molecule has 1 atom stereocenters. The number of nitrogens with one attached hydrogen (secondary N) is 1. The van der Waals surface area contributed by atoms with Crippen LogP contribution in [0.3, 0.4) is 0 Å². The number of aromatic amines is 1. The maximum atomic E-state index is 12.0. The Balaban J connectivity index is 2.75. The van der Waals surface area contributed by atoms with Crippen molar-refractivity contribution in [1.29, 1.82) is 0 Å². The molecule has 0 aromatic carbocycles. The molecule has 0 aliphatic heterocycles. The van der Waals surface area contributed by atoms with Gasteiger partial charge in [0.05, 0.1) is 0 Å². The first kappa shape index (κ1) is 14.6. The van der Waals surface area contributed by atoms with Gasteiger partial charge in [-0.25, -0.2) is 9.78 Å². The zero-order chi connectivity index (χ0) is 14.9. The molecule has 0 amide bonds. The normalized spacial score (nSPS) is 12.8. The minimum absolute atomic E-state index is 0.381. The van der Waals surface area contributed by atoms with E-state index in [1.807, 2.05) is 0 Å². The van der Waals surface area contributed by atoms with E-state index in [0.717, 1.165) is 11.6 Å². The standard InChI is InChI=1S/C13H18N4O2S/c1-5-7-17-9-10(14-13(17)20-8(3)6-2)16(4)12(19)15-11(9)18/h5,8H,1,6-7H2,2-4H3,(H,15,18,19)/t8-/m0/s1. The lowest BCUT2D eigenvalue weighted by atomic mass is 10.4. The fourth-order valence-corrected chi connectivity index (χ4v) is 2.83. The van der Waals surface area contributed by atoms with Crippen molar-refractivity contribution in [2.75, 3.05) is 0 Å². The quantitative estimate of drug-likeness (QED) is 0.670. The number of nitrogens with zero attached hydrogens (tertiary/aromatic N) is 3. The molecule has 108 valence electrons. The number of fused-ring (bicyclic) bond motifs is 1. The molecule has 0 bridgehead atoms. The summed E-state index contributed by atoms with van der Waals surface area (Å²) in [6, 6.07) is 0. The molecule has 2 heterocycles. The number of hydrogen-bond donors (Lipinski definition) is 1. The van der Waals surface area contributed by atoms with Gasteiger partial charge in [0.1, 0.15) is 0 Å². The molecule has 0 aliphatic rings. The van der Waals surface area contributed by atoms with Crippen molar-refractivity contribution < 1.29 is 0 Å². The second-order valence-corrected chi connectivity index (χ2v) is 6.03. The number of allylic oxidation sites excluding steroid dienone is 1. The number of hydrogen-bond acceptors (Lipinski definition) is 4. The van der Waals surface area contributed by atoms with E-state index in [2.05, 4.69) is 30.4 Å². The molecule has 1 N–H and O–H groups in total. The number of H-pyrrole nitrogens is 1. The molecule has 6 nitrogen and oxygen atoms in total. The maximum Gasteiger partial charge on any atom is 0.329 e. The molecule has 0 unspecified atom stereocenters. The summed E-state index contributed by atoms with van der Waals surface area (Å²) in [5, 5.41) is 1.12. The molecule has 2 aromatic heterocycles. The van der Waals surface area contributed by atoms with Gasteiger partial charge in [-0.3, -0.25) is 14.3 Å². The molecule has 7 heteroatoms. The Labute approximate surface area is 120 Å². The number of aromatic nitrogens is 4. The first-order chi connectivity index (χ1) is 9.49. The summed E-state index contributed by atoms with van der Waals surface area (Å²) in [7, 11) is 1.60. The van der Waals surface area contributed by atoms with E-state index in [4.69, 9.17) is 0 Å². The second-order valence-electron chi connectivity index (χ2n) is 4.62. The predicted molar refractivity (Wildman–Crippen MR) is 81.4 cm³/mol. The van der Waals surface area contributed by atoms with Crippen LogP contribution in [0, 0.1) is 0 Å². The Bertz CT molecular complexity index is 756. The average Bonchev–Trinajstić information content (AvgIpc) is 2.76. The van der Waals surface area contributed by atoms with Gasteiger partial charge in [-0.15, -0.1) is 6.58 Å². The minimum Gasteiger partial charge on any atom is -0.309 e. The van der Waals surface area contributed by atoms with Crippen molar-refractivity contribution in [2.24, 2.45) is 7.05 Å². The molecule has 0 radical (unpaired) electrons. The summed E-state index contributed by atoms with van der Waals surface area (Å²) >= 11 is 1.60. The number of imidazole rings is 1. The molecular weight excluding hydrogens is 276 g/mol. The van der Waals surface area contributed by atoms with Crippen molar-refractivity contribution in [3.05, 3.63) is 33.5 Å². The lowest BCUT2D eigenvalue weighted by molar-refractivity contribution is 0.740.